The van der Waals surface area contributed by atoms with Crippen molar-refractivity contribution in [3.8, 4) is 0 Å². The standard InChI is InChI=1S/C32H53N5O8S/c1-6-8-13-22(25(38)28(40)33-17-7-2)34-27(39)23-14-12-18-37(23)29(41)26(31(3,4)5)35-30(42)36-32(15-10-9-11-16-32)24-21-45-19-20-46(24,43)44/h7,22-24,26H,2,6,8-21H2,1,3-5H3,(H,33,40)(H,34,39)(H2,35,36,42)/t22-,23-,24?,26+/m0/s1. The molecular formula is C32H53N5O8S. The van der Waals surface area contributed by atoms with Crippen molar-refractivity contribution in [1.82, 2.24) is 26.2 Å². The van der Waals surface area contributed by atoms with Crippen LogP contribution in [0, 0.1) is 5.41 Å². The van der Waals surface area contributed by atoms with Gasteiger partial charge in [-0.3, -0.25) is 19.2 Å². The largest absolute Gasteiger partial charge is 0.379 e. The summed E-state index contributed by atoms with van der Waals surface area (Å²) in [6, 6.07) is -3.61. The number of ether oxygens (including phenoxy) is 1. The van der Waals surface area contributed by atoms with Gasteiger partial charge in [-0.1, -0.05) is 65.9 Å². The first-order valence-corrected chi connectivity index (χ1v) is 18.3. The maximum absolute atomic E-state index is 14.1. The van der Waals surface area contributed by atoms with Crippen molar-refractivity contribution in [2.75, 3.05) is 32.1 Å². The maximum atomic E-state index is 14.1. The fraction of sp³-hybridized carbons (Fsp3) is 0.781. The molecule has 3 aliphatic rings. The number of hydrogen-bond donors (Lipinski definition) is 4. The van der Waals surface area contributed by atoms with Crippen molar-refractivity contribution in [1.29, 1.82) is 0 Å². The van der Waals surface area contributed by atoms with Gasteiger partial charge in [-0.05, 0) is 37.5 Å². The van der Waals surface area contributed by atoms with Crippen LogP contribution in [0.25, 0.3) is 0 Å². The third-order valence-electron chi connectivity index (χ3n) is 9.28. The summed E-state index contributed by atoms with van der Waals surface area (Å²) in [7, 11) is -3.50. The Bertz CT molecular complexity index is 1240. The molecule has 1 unspecified atom stereocenters. The second kappa shape index (κ2) is 16.2. The average Bonchev–Trinajstić information content (AvgIpc) is 3.50. The van der Waals surface area contributed by atoms with E-state index < -0.39 is 73.7 Å². The Morgan fingerprint density at radius 1 is 1.07 bits per heavy atom. The lowest BCUT2D eigenvalue weighted by molar-refractivity contribution is -0.143. The van der Waals surface area contributed by atoms with Crippen LogP contribution in [-0.4, -0.2) is 104 Å². The summed E-state index contributed by atoms with van der Waals surface area (Å²) >= 11 is 0. The Morgan fingerprint density at radius 2 is 1.76 bits per heavy atom. The summed E-state index contributed by atoms with van der Waals surface area (Å²) in [4.78, 5) is 67.9. The van der Waals surface area contributed by atoms with E-state index in [-0.39, 0.29) is 38.5 Å². The first kappa shape index (κ1) is 37.5. The Hall–Kier alpha value is -3.00. The Morgan fingerprint density at radius 3 is 2.37 bits per heavy atom. The normalized spacial score (nSPS) is 23.8. The van der Waals surface area contributed by atoms with Crippen LogP contribution in [0.3, 0.4) is 0 Å². The highest BCUT2D eigenvalue weighted by Gasteiger charge is 2.50. The van der Waals surface area contributed by atoms with Crippen LogP contribution in [0.4, 0.5) is 4.79 Å². The lowest BCUT2D eigenvalue weighted by Crippen LogP contribution is -2.67. The van der Waals surface area contributed by atoms with Gasteiger partial charge in [0.05, 0.1) is 30.5 Å². The molecule has 14 heteroatoms. The smallest absolute Gasteiger partial charge is 0.315 e. The van der Waals surface area contributed by atoms with Crippen LogP contribution in [0.15, 0.2) is 12.7 Å². The summed E-state index contributed by atoms with van der Waals surface area (Å²) in [5, 5.41) is 10.1. The van der Waals surface area contributed by atoms with Gasteiger partial charge in [-0.25, -0.2) is 13.2 Å². The van der Waals surface area contributed by atoms with E-state index in [1.54, 1.807) is 20.8 Å². The monoisotopic (exact) mass is 667 g/mol. The number of urea groups is 1. The van der Waals surface area contributed by atoms with E-state index in [1.165, 1.54) is 11.0 Å². The van der Waals surface area contributed by atoms with Gasteiger partial charge < -0.3 is 30.9 Å². The van der Waals surface area contributed by atoms with Crippen molar-refractivity contribution < 1.29 is 37.1 Å². The molecule has 1 aliphatic carbocycles. The first-order valence-electron chi connectivity index (χ1n) is 16.6. The molecule has 4 N–H and O–H groups in total. The molecular weight excluding hydrogens is 614 g/mol. The molecule has 4 atom stereocenters. The molecule has 0 aromatic rings. The fourth-order valence-corrected chi connectivity index (χ4v) is 8.61. The molecule has 3 rings (SSSR count). The molecule has 0 aromatic heterocycles. The van der Waals surface area contributed by atoms with Gasteiger partial charge in [0.25, 0.3) is 5.91 Å². The van der Waals surface area contributed by atoms with Gasteiger partial charge in [-0.15, -0.1) is 6.58 Å². The zero-order valence-corrected chi connectivity index (χ0v) is 28.6. The number of sulfone groups is 1. The predicted molar refractivity (Wildman–Crippen MR) is 174 cm³/mol. The average molecular weight is 668 g/mol. The second-order valence-electron chi connectivity index (χ2n) is 13.8. The fourth-order valence-electron chi connectivity index (χ4n) is 6.69. The lowest BCUT2D eigenvalue weighted by atomic mass is 9.79. The minimum Gasteiger partial charge on any atom is -0.379 e. The van der Waals surface area contributed by atoms with E-state index in [2.05, 4.69) is 27.8 Å². The van der Waals surface area contributed by atoms with Crippen LogP contribution >= 0.6 is 0 Å². The zero-order valence-electron chi connectivity index (χ0n) is 27.8. The van der Waals surface area contributed by atoms with Crippen LogP contribution in [0.1, 0.15) is 91.9 Å². The third-order valence-corrected chi connectivity index (χ3v) is 11.5. The topological polar surface area (TPSA) is 180 Å². The lowest BCUT2D eigenvalue weighted by Gasteiger charge is -2.45. The molecule has 0 aromatic carbocycles. The molecule has 0 radical (unpaired) electrons. The molecule has 0 spiro atoms. The van der Waals surface area contributed by atoms with Crippen molar-refractivity contribution in [2.24, 2.45) is 5.41 Å². The molecule has 46 heavy (non-hydrogen) atoms. The Labute approximate surface area is 273 Å². The molecule has 3 fully saturated rings. The van der Waals surface area contributed by atoms with E-state index in [0.717, 1.165) is 25.7 Å². The number of nitrogens with one attached hydrogen (secondary N) is 4. The van der Waals surface area contributed by atoms with Crippen LogP contribution in [0.5, 0.6) is 0 Å². The number of ketones is 1. The summed E-state index contributed by atoms with van der Waals surface area (Å²) in [5.74, 6) is -2.65. The predicted octanol–water partition coefficient (Wildman–Crippen LogP) is 1.75. The number of Topliss-reactive ketones (excluding diaryl/α,β-unsaturated/α-hetero) is 1. The number of unbranched alkanes of at least 4 members (excludes halogenated alkanes) is 1. The van der Waals surface area contributed by atoms with E-state index in [1.807, 2.05) is 6.92 Å². The van der Waals surface area contributed by atoms with Gasteiger partial charge in [0, 0.05) is 13.1 Å². The Kier molecular flexibility index (Phi) is 13.2. The quantitative estimate of drug-likeness (QED) is 0.169. The number of rotatable bonds is 13. The molecule has 2 aliphatic heterocycles. The highest BCUT2D eigenvalue weighted by atomic mass is 32.2. The summed E-state index contributed by atoms with van der Waals surface area (Å²) in [6.45, 7) is 11.4. The number of hydrogen-bond acceptors (Lipinski definition) is 8. The van der Waals surface area contributed by atoms with Crippen LogP contribution in [-0.2, 0) is 33.8 Å². The van der Waals surface area contributed by atoms with Crippen molar-refractivity contribution in [3.05, 3.63) is 12.7 Å². The maximum Gasteiger partial charge on any atom is 0.315 e. The number of amides is 5. The Balaban J connectivity index is 1.77. The summed E-state index contributed by atoms with van der Waals surface area (Å²) in [6.07, 6.45) is 7.43. The SMILES string of the molecule is C=CCNC(=O)C(=O)[C@H](CCCC)NC(=O)[C@@H]1CCCN1C(=O)[C@@H](NC(=O)NC1(C2COCCS2(=O)=O)CCCCC1)C(C)(C)C. The number of nitrogens with zero attached hydrogens (tertiary/aromatic N) is 1. The van der Waals surface area contributed by atoms with E-state index in [9.17, 15) is 32.4 Å². The summed E-state index contributed by atoms with van der Waals surface area (Å²) < 4.78 is 31.7. The third kappa shape index (κ3) is 9.30. The van der Waals surface area contributed by atoms with Crippen molar-refractivity contribution in [2.45, 2.75) is 121 Å². The van der Waals surface area contributed by atoms with Gasteiger partial charge in [-0.2, -0.15) is 0 Å². The number of carbonyl (C=O) groups is 5. The second-order valence-corrected chi connectivity index (χ2v) is 16.1. The van der Waals surface area contributed by atoms with Gasteiger partial charge >= 0.3 is 6.03 Å². The molecule has 2 heterocycles. The van der Waals surface area contributed by atoms with Gasteiger partial charge in [0.15, 0.2) is 9.84 Å². The zero-order chi connectivity index (χ0) is 34.1. The van der Waals surface area contributed by atoms with E-state index in [4.69, 9.17) is 4.74 Å². The van der Waals surface area contributed by atoms with Gasteiger partial charge in [0.2, 0.25) is 17.6 Å². The number of likely N-dealkylation sites (tertiary alicyclic amines) is 1. The molecule has 13 nitrogen and oxygen atoms in total. The van der Waals surface area contributed by atoms with E-state index >= 15 is 0 Å². The minimum atomic E-state index is -3.50. The first-order chi connectivity index (χ1) is 21.7. The van der Waals surface area contributed by atoms with Crippen molar-refractivity contribution >= 4 is 39.4 Å². The molecule has 2 saturated heterocycles. The highest BCUT2D eigenvalue weighted by Crippen LogP contribution is 2.36. The van der Waals surface area contributed by atoms with E-state index in [0.29, 0.717) is 32.1 Å². The summed E-state index contributed by atoms with van der Waals surface area (Å²) in [5.41, 5.74) is -1.78. The van der Waals surface area contributed by atoms with Gasteiger partial charge in [0.1, 0.15) is 17.3 Å². The molecule has 1 saturated carbocycles. The molecule has 0 bridgehead atoms. The van der Waals surface area contributed by atoms with Crippen molar-refractivity contribution in [3.63, 3.8) is 0 Å². The van der Waals surface area contributed by atoms with Crippen LogP contribution in [0.2, 0.25) is 0 Å². The number of carbonyl (C=O) groups excluding carboxylic acids is 5. The minimum absolute atomic E-state index is 0.00643. The molecule has 5 amide bonds. The molecule has 260 valence electrons. The van der Waals surface area contributed by atoms with Crippen LogP contribution < -0.4 is 21.3 Å². The highest BCUT2D eigenvalue weighted by molar-refractivity contribution is 7.92.